The Kier molecular flexibility index (Phi) is 4.02. The van der Waals surface area contributed by atoms with Crippen molar-refractivity contribution in [3.8, 4) is 0 Å². The molecule has 3 heteroatoms. The van der Waals surface area contributed by atoms with Gasteiger partial charge in [-0.05, 0) is 44.7 Å². The van der Waals surface area contributed by atoms with Crippen molar-refractivity contribution in [2.75, 3.05) is 6.61 Å². The maximum absolute atomic E-state index is 12.0. The molecule has 2 rings (SSSR count). The third-order valence-corrected chi connectivity index (χ3v) is 3.47. The molecule has 1 saturated heterocycles. The van der Waals surface area contributed by atoms with Gasteiger partial charge in [0, 0.05) is 6.61 Å². The van der Waals surface area contributed by atoms with Crippen LogP contribution in [0.4, 0.5) is 0 Å². The molecule has 1 aliphatic rings. The van der Waals surface area contributed by atoms with Crippen LogP contribution in [0, 0.1) is 13.8 Å². The third-order valence-electron chi connectivity index (χ3n) is 3.47. The number of benzene rings is 1. The molecule has 1 aliphatic heterocycles. The highest BCUT2D eigenvalue weighted by Gasteiger charge is 2.25. The summed E-state index contributed by atoms with van der Waals surface area (Å²) in [5, 5.41) is 3.03. The van der Waals surface area contributed by atoms with Crippen LogP contribution in [0.2, 0.25) is 0 Å². The van der Waals surface area contributed by atoms with Crippen molar-refractivity contribution < 1.29 is 9.53 Å². The van der Waals surface area contributed by atoms with Crippen LogP contribution in [0.15, 0.2) is 18.2 Å². The Hall–Kier alpha value is -1.35. The Morgan fingerprint density at radius 3 is 2.83 bits per heavy atom. The van der Waals surface area contributed by atoms with Crippen LogP contribution in [-0.2, 0) is 9.53 Å². The summed E-state index contributed by atoms with van der Waals surface area (Å²) in [6, 6.07) is 6.34. The maximum atomic E-state index is 12.0. The average molecular weight is 247 g/mol. The molecule has 1 aromatic carbocycles. The molecule has 0 bridgehead atoms. The molecule has 0 radical (unpaired) electrons. The first-order chi connectivity index (χ1) is 8.58. The molecule has 2 atom stereocenters. The smallest absolute Gasteiger partial charge is 0.249 e. The minimum atomic E-state index is -0.252. The predicted molar refractivity (Wildman–Crippen MR) is 71.4 cm³/mol. The minimum Gasteiger partial charge on any atom is -0.368 e. The van der Waals surface area contributed by atoms with E-state index in [9.17, 15) is 4.79 Å². The topological polar surface area (TPSA) is 38.3 Å². The number of aryl methyl sites for hydroxylation is 2. The lowest BCUT2D eigenvalue weighted by Gasteiger charge is -2.19. The largest absolute Gasteiger partial charge is 0.368 e. The van der Waals surface area contributed by atoms with Crippen molar-refractivity contribution in [1.29, 1.82) is 0 Å². The van der Waals surface area contributed by atoms with E-state index in [2.05, 4.69) is 37.4 Å². The molecular weight excluding hydrogens is 226 g/mol. The fraction of sp³-hybridized carbons (Fsp3) is 0.533. The zero-order valence-electron chi connectivity index (χ0n) is 11.3. The predicted octanol–water partition coefficient (Wildman–Crippen LogP) is 2.66. The second-order valence-electron chi connectivity index (χ2n) is 5.09. The first kappa shape index (κ1) is 13.1. The van der Waals surface area contributed by atoms with Crippen LogP contribution in [0.5, 0.6) is 0 Å². The number of hydrogen-bond acceptors (Lipinski definition) is 2. The summed E-state index contributed by atoms with van der Waals surface area (Å²) >= 11 is 0. The van der Waals surface area contributed by atoms with Crippen LogP contribution in [0.1, 0.15) is 42.5 Å². The van der Waals surface area contributed by atoms with Crippen LogP contribution < -0.4 is 5.32 Å². The SMILES string of the molecule is Cc1ccc([C@@H](C)NC(=O)[C@@H]2CCCO2)c(C)c1. The number of hydrogen-bond donors (Lipinski definition) is 1. The maximum Gasteiger partial charge on any atom is 0.249 e. The van der Waals surface area contributed by atoms with Gasteiger partial charge in [-0.1, -0.05) is 23.8 Å². The summed E-state index contributed by atoms with van der Waals surface area (Å²) in [7, 11) is 0. The zero-order valence-corrected chi connectivity index (χ0v) is 11.3. The van der Waals surface area contributed by atoms with Gasteiger partial charge in [0.05, 0.1) is 6.04 Å². The number of carbonyl (C=O) groups excluding carboxylic acids is 1. The number of carbonyl (C=O) groups is 1. The van der Waals surface area contributed by atoms with E-state index < -0.39 is 0 Å². The van der Waals surface area contributed by atoms with Crippen LogP contribution >= 0.6 is 0 Å². The quantitative estimate of drug-likeness (QED) is 0.891. The lowest BCUT2D eigenvalue weighted by molar-refractivity contribution is -0.130. The first-order valence-corrected chi connectivity index (χ1v) is 6.57. The molecule has 18 heavy (non-hydrogen) atoms. The third kappa shape index (κ3) is 2.91. The molecule has 0 aliphatic carbocycles. The molecule has 0 spiro atoms. The molecule has 0 saturated carbocycles. The second kappa shape index (κ2) is 5.53. The van der Waals surface area contributed by atoms with Gasteiger partial charge in [0.15, 0.2) is 0 Å². The first-order valence-electron chi connectivity index (χ1n) is 6.57. The lowest BCUT2D eigenvalue weighted by atomic mass is 10.00. The molecule has 3 nitrogen and oxygen atoms in total. The van der Waals surface area contributed by atoms with E-state index in [1.807, 2.05) is 6.92 Å². The van der Waals surface area contributed by atoms with Crippen molar-refractivity contribution in [3.05, 3.63) is 34.9 Å². The fourth-order valence-electron chi connectivity index (χ4n) is 2.48. The van der Waals surface area contributed by atoms with E-state index in [4.69, 9.17) is 4.74 Å². The van der Waals surface area contributed by atoms with Crippen LogP contribution in [-0.4, -0.2) is 18.6 Å². The van der Waals surface area contributed by atoms with Crippen molar-refractivity contribution in [2.24, 2.45) is 0 Å². The molecule has 98 valence electrons. The monoisotopic (exact) mass is 247 g/mol. The molecule has 1 N–H and O–H groups in total. The van der Waals surface area contributed by atoms with Crippen LogP contribution in [0.3, 0.4) is 0 Å². The van der Waals surface area contributed by atoms with Crippen molar-refractivity contribution >= 4 is 5.91 Å². The molecule has 0 aromatic heterocycles. The van der Waals surface area contributed by atoms with E-state index in [0.29, 0.717) is 6.61 Å². The van der Waals surface area contributed by atoms with Crippen molar-refractivity contribution in [2.45, 2.75) is 45.8 Å². The Morgan fingerprint density at radius 1 is 1.44 bits per heavy atom. The van der Waals surface area contributed by atoms with E-state index in [1.54, 1.807) is 0 Å². The summed E-state index contributed by atoms with van der Waals surface area (Å²) in [6.07, 6.45) is 1.57. The minimum absolute atomic E-state index is 0.0139. The number of rotatable bonds is 3. The summed E-state index contributed by atoms with van der Waals surface area (Å²) in [5.41, 5.74) is 3.64. The van der Waals surface area contributed by atoms with Gasteiger partial charge in [0.2, 0.25) is 5.91 Å². The fourth-order valence-corrected chi connectivity index (χ4v) is 2.48. The second-order valence-corrected chi connectivity index (χ2v) is 5.09. The molecule has 0 unspecified atom stereocenters. The van der Waals surface area contributed by atoms with Gasteiger partial charge in [0.25, 0.3) is 0 Å². The standard InChI is InChI=1S/C15H21NO2/c1-10-6-7-13(11(2)9-10)12(3)16-15(17)14-5-4-8-18-14/h6-7,9,12,14H,4-5,8H2,1-3H3,(H,16,17)/t12-,14+/m1/s1. The van der Waals surface area contributed by atoms with E-state index in [1.165, 1.54) is 16.7 Å². The Bertz CT molecular complexity index is 436. The Labute approximate surface area is 109 Å². The summed E-state index contributed by atoms with van der Waals surface area (Å²) in [6.45, 7) is 6.88. The zero-order chi connectivity index (χ0) is 13.1. The van der Waals surface area contributed by atoms with E-state index >= 15 is 0 Å². The van der Waals surface area contributed by atoms with Crippen molar-refractivity contribution in [1.82, 2.24) is 5.32 Å². The normalized spacial score (nSPS) is 20.7. The highest BCUT2D eigenvalue weighted by molar-refractivity contribution is 5.81. The van der Waals surface area contributed by atoms with Gasteiger partial charge >= 0.3 is 0 Å². The van der Waals surface area contributed by atoms with E-state index in [-0.39, 0.29) is 18.1 Å². The molecule has 1 fully saturated rings. The van der Waals surface area contributed by atoms with Gasteiger partial charge in [-0.25, -0.2) is 0 Å². The summed E-state index contributed by atoms with van der Waals surface area (Å²) < 4.78 is 5.39. The highest BCUT2D eigenvalue weighted by atomic mass is 16.5. The molecule has 1 amide bonds. The molecule has 1 heterocycles. The lowest BCUT2D eigenvalue weighted by Crippen LogP contribution is -2.36. The van der Waals surface area contributed by atoms with Gasteiger partial charge in [-0.3, -0.25) is 4.79 Å². The van der Waals surface area contributed by atoms with Gasteiger partial charge in [0.1, 0.15) is 6.10 Å². The van der Waals surface area contributed by atoms with Gasteiger partial charge < -0.3 is 10.1 Å². The molecular formula is C15H21NO2. The van der Waals surface area contributed by atoms with E-state index in [0.717, 1.165) is 12.8 Å². The van der Waals surface area contributed by atoms with Crippen LogP contribution in [0.25, 0.3) is 0 Å². The summed E-state index contributed by atoms with van der Waals surface area (Å²) in [5.74, 6) is 0.0139. The average Bonchev–Trinajstić information content (AvgIpc) is 2.81. The van der Waals surface area contributed by atoms with Gasteiger partial charge in [-0.15, -0.1) is 0 Å². The molecule has 1 aromatic rings. The highest BCUT2D eigenvalue weighted by Crippen LogP contribution is 2.20. The number of ether oxygens (including phenoxy) is 1. The number of nitrogens with one attached hydrogen (secondary N) is 1. The summed E-state index contributed by atoms with van der Waals surface area (Å²) in [4.78, 5) is 12.0. The Morgan fingerprint density at radius 2 is 2.22 bits per heavy atom. The van der Waals surface area contributed by atoms with Crippen molar-refractivity contribution in [3.63, 3.8) is 0 Å². The van der Waals surface area contributed by atoms with Gasteiger partial charge in [-0.2, -0.15) is 0 Å². The number of amides is 1. The Balaban J connectivity index is 2.02.